The molecule has 5 nitrogen and oxygen atoms in total. The first-order valence-electron chi connectivity index (χ1n) is 10.2. The number of hydrogen-bond donors (Lipinski definition) is 1. The first-order chi connectivity index (χ1) is 14.2. The van der Waals surface area contributed by atoms with Gasteiger partial charge in [0.15, 0.2) is 0 Å². The monoisotopic (exact) mass is 543 g/mol. The molecule has 5 rings (SSSR count). The highest BCUT2D eigenvalue weighted by atomic mass is 79.9. The molecule has 3 saturated heterocycles. The Labute approximate surface area is 209 Å². The molecule has 3 aliphatic heterocycles. The van der Waals surface area contributed by atoms with Crippen LogP contribution in [0.25, 0.3) is 0 Å². The van der Waals surface area contributed by atoms with E-state index in [2.05, 4.69) is 14.1 Å². The second-order valence-corrected chi connectivity index (χ2v) is 9.93. The second-order valence-electron chi connectivity index (χ2n) is 9.06. The minimum Gasteiger partial charge on any atom is -1.00 e. The fraction of sp³-hybridized carbons (Fsp3) is 0.458. The molecule has 3 heterocycles. The van der Waals surface area contributed by atoms with Gasteiger partial charge in [-0.05, 0) is 24.3 Å². The SMILES string of the molecule is C.C[N+]1(C)C2CC(OC(=O)C(O)(c3cccc(Cl)c3)c3cccc(Cl)c3)C[C@H]1[C@H]1OC21.[Br-]. The van der Waals surface area contributed by atoms with E-state index >= 15 is 0 Å². The lowest BCUT2D eigenvalue weighted by molar-refractivity contribution is -0.938. The first-order valence-corrected chi connectivity index (χ1v) is 10.9. The molecule has 8 heteroatoms. The van der Waals surface area contributed by atoms with Crippen LogP contribution in [0.4, 0.5) is 0 Å². The molecule has 32 heavy (non-hydrogen) atoms. The van der Waals surface area contributed by atoms with Crippen molar-refractivity contribution in [2.45, 2.75) is 56.3 Å². The maximum atomic E-state index is 13.4. The number of hydrogen-bond acceptors (Lipinski definition) is 4. The zero-order valence-electron chi connectivity index (χ0n) is 17.2. The average molecular weight is 545 g/mol. The number of morpholine rings is 1. The molecule has 0 amide bonds. The van der Waals surface area contributed by atoms with E-state index in [1.807, 2.05) is 0 Å². The highest BCUT2D eigenvalue weighted by Gasteiger charge is 2.71. The van der Waals surface area contributed by atoms with Gasteiger partial charge in [-0.2, -0.15) is 0 Å². The molecule has 2 bridgehead atoms. The number of halogens is 3. The Morgan fingerprint density at radius 3 is 1.94 bits per heavy atom. The number of quaternary nitrogens is 1. The summed E-state index contributed by atoms with van der Waals surface area (Å²) in [5.41, 5.74) is -1.30. The smallest absolute Gasteiger partial charge is 0.347 e. The highest BCUT2D eigenvalue weighted by molar-refractivity contribution is 6.31. The van der Waals surface area contributed by atoms with Gasteiger partial charge in [-0.1, -0.05) is 54.9 Å². The third-order valence-corrected chi connectivity index (χ3v) is 7.56. The van der Waals surface area contributed by atoms with Crippen molar-refractivity contribution in [3.63, 3.8) is 0 Å². The van der Waals surface area contributed by atoms with Crippen LogP contribution < -0.4 is 17.0 Å². The number of carbonyl (C=O) groups is 1. The number of epoxide rings is 1. The van der Waals surface area contributed by atoms with Gasteiger partial charge in [-0.3, -0.25) is 0 Å². The van der Waals surface area contributed by atoms with Crippen LogP contribution in [0.3, 0.4) is 0 Å². The van der Waals surface area contributed by atoms with Crippen LogP contribution in [-0.2, 0) is 19.9 Å². The number of esters is 1. The Kier molecular flexibility index (Phi) is 7.08. The lowest BCUT2D eigenvalue weighted by Crippen LogP contribution is -3.00. The summed E-state index contributed by atoms with van der Waals surface area (Å²) in [5, 5.41) is 12.5. The number of fused-ring (bicyclic) bond motifs is 5. The summed E-state index contributed by atoms with van der Waals surface area (Å²) >= 11 is 12.3. The van der Waals surface area contributed by atoms with Crippen LogP contribution in [0.1, 0.15) is 31.4 Å². The van der Waals surface area contributed by atoms with E-state index in [1.165, 1.54) is 0 Å². The summed E-state index contributed by atoms with van der Waals surface area (Å²) in [4.78, 5) is 13.4. The van der Waals surface area contributed by atoms with Crippen molar-refractivity contribution >= 4 is 29.2 Å². The fourth-order valence-corrected chi connectivity index (χ4v) is 5.75. The van der Waals surface area contributed by atoms with Crippen molar-refractivity contribution in [3.05, 3.63) is 69.7 Å². The Bertz CT molecular complexity index is 951. The van der Waals surface area contributed by atoms with E-state index in [9.17, 15) is 9.90 Å². The zero-order valence-corrected chi connectivity index (χ0v) is 20.3. The molecule has 2 aromatic rings. The highest BCUT2D eigenvalue weighted by Crippen LogP contribution is 2.52. The lowest BCUT2D eigenvalue weighted by Gasteiger charge is -2.45. The van der Waals surface area contributed by atoms with Gasteiger partial charge in [0.1, 0.15) is 30.4 Å². The minimum atomic E-state index is -2.00. The summed E-state index contributed by atoms with van der Waals surface area (Å²) in [6.07, 6.45) is 1.69. The molecule has 0 aromatic heterocycles. The number of piperidine rings is 1. The number of ether oxygens (including phenoxy) is 2. The van der Waals surface area contributed by atoms with Gasteiger partial charge in [-0.25, -0.2) is 4.79 Å². The van der Waals surface area contributed by atoms with Gasteiger partial charge < -0.3 is 36.0 Å². The molecule has 174 valence electrons. The molecule has 3 unspecified atom stereocenters. The van der Waals surface area contributed by atoms with Gasteiger partial charge in [0, 0.05) is 34.0 Å². The minimum absolute atomic E-state index is 0. The maximum absolute atomic E-state index is 13.4. The van der Waals surface area contributed by atoms with Crippen LogP contribution in [0.2, 0.25) is 10.0 Å². The van der Waals surface area contributed by atoms with Gasteiger partial charge in [0.05, 0.1) is 14.1 Å². The Morgan fingerprint density at radius 1 is 1.03 bits per heavy atom. The molecule has 0 radical (unpaired) electrons. The average Bonchev–Trinajstić information content (AvgIpc) is 3.45. The van der Waals surface area contributed by atoms with Gasteiger partial charge in [0.2, 0.25) is 5.60 Å². The summed E-state index contributed by atoms with van der Waals surface area (Å²) < 4.78 is 12.7. The number of nitrogens with zero attached hydrogens (tertiary/aromatic N) is 1. The summed E-state index contributed by atoms with van der Waals surface area (Å²) in [6, 6.07) is 13.9. The van der Waals surface area contributed by atoms with E-state index in [1.54, 1.807) is 48.5 Å². The third kappa shape index (κ3) is 3.99. The van der Waals surface area contributed by atoms with Crippen molar-refractivity contribution in [3.8, 4) is 0 Å². The van der Waals surface area contributed by atoms with Crippen molar-refractivity contribution in [2.75, 3.05) is 14.1 Å². The lowest BCUT2D eigenvalue weighted by atomic mass is 9.86. The molecule has 3 fully saturated rings. The maximum Gasteiger partial charge on any atom is 0.347 e. The summed E-state index contributed by atoms with van der Waals surface area (Å²) in [7, 11) is 4.44. The van der Waals surface area contributed by atoms with Crippen molar-refractivity contribution in [2.24, 2.45) is 0 Å². The quantitative estimate of drug-likeness (QED) is 0.357. The van der Waals surface area contributed by atoms with Gasteiger partial charge in [0.25, 0.3) is 0 Å². The summed E-state index contributed by atoms with van der Waals surface area (Å²) in [6.45, 7) is 0. The molecular weight excluding hydrogens is 517 g/mol. The van der Waals surface area contributed by atoms with Crippen LogP contribution in [0, 0.1) is 0 Å². The van der Waals surface area contributed by atoms with E-state index in [-0.39, 0.29) is 42.7 Å². The van der Waals surface area contributed by atoms with E-state index in [0.717, 1.165) is 17.3 Å². The van der Waals surface area contributed by atoms with Crippen molar-refractivity contribution < 1.29 is 40.8 Å². The van der Waals surface area contributed by atoms with Crippen LogP contribution in [-0.4, -0.2) is 60.0 Å². The molecular formula is C24H28BrCl2NO4. The predicted molar refractivity (Wildman–Crippen MR) is 120 cm³/mol. The van der Waals surface area contributed by atoms with Gasteiger partial charge >= 0.3 is 5.97 Å². The van der Waals surface area contributed by atoms with Gasteiger partial charge in [-0.15, -0.1) is 0 Å². The number of carbonyl (C=O) groups excluding carboxylic acids is 1. The topological polar surface area (TPSA) is 59.1 Å². The van der Waals surface area contributed by atoms with Crippen LogP contribution in [0.15, 0.2) is 48.5 Å². The Hall–Kier alpha value is -1.15. The third-order valence-electron chi connectivity index (χ3n) is 7.09. The first kappa shape index (κ1) is 25.5. The largest absolute Gasteiger partial charge is 1.00 e. The fourth-order valence-electron chi connectivity index (χ4n) is 5.37. The molecule has 3 aliphatic rings. The normalized spacial score (nSPS) is 29.2. The zero-order chi connectivity index (χ0) is 21.3. The molecule has 0 aliphatic carbocycles. The van der Waals surface area contributed by atoms with Crippen LogP contribution in [0.5, 0.6) is 0 Å². The van der Waals surface area contributed by atoms with Crippen LogP contribution >= 0.6 is 23.2 Å². The molecule has 0 saturated carbocycles. The Morgan fingerprint density at radius 2 is 1.50 bits per heavy atom. The number of aliphatic hydroxyl groups is 1. The standard InChI is InChI=1S/C23H24Cl2NO4.CH4.BrH/c1-26(2)18-11-17(12-19(26)21-20(18)30-21)29-22(27)23(28,13-5-3-7-15(24)9-13)14-6-4-8-16(25)10-14;;/h3-10,17-21,28H,11-12H2,1-2H3;1H4;1H/q+1;;/p-1/t17?,18-,19?,20+,21?;;/m0../s1. The molecule has 1 N–H and O–H groups in total. The van der Waals surface area contributed by atoms with E-state index in [0.29, 0.717) is 33.3 Å². The molecule has 2 aromatic carbocycles. The summed E-state index contributed by atoms with van der Waals surface area (Å²) in [5.74, 6) is -0.710. The predicted octanol–water partition coefficient (Wildman–Crippen LogP) is 1.17. The number of rotatable bonds is 4. The van der Waals surface area contributed by atoms with E-state index in [4.69, 9.17) is 32.7 Å². The molecule has 0 spiro atoms. The Balaban J connectivity index is 0.00000144. The second kappa shape index (κ2) is 8.90. The number of benzene rings is 2. The molecule has 5 atom stereocenters. The van der Waals surface area contributed by atoms with Crippen molar-refractivity contribution in [1.29, 1.82) is 0 Å². The number of likely N-dealkylation sites (N-methyl/N-ethyl adjacent to an activating group) is 1. The van der Waals surface area contributed by atoms with Crippen molar-refractivity contribution in [1.82, 2.24) is 0 Å². The van der Waals surface area contributed by atoms with E-state index < -0.39 is 11.6 Å².